The van der Waals surface area contributed by atoms with Gasteiger partial charge in [-0.1, -0.05) is 0 Å². The molecule has 1 amide bonds. The molecule has 0 spiro atoms. The second-order valence-corrected chi connectivity index (χ2v) is 2.20. The Morgan fingerprint density at radius 1 is 1.80 bits per heavy atom. The van der Waals surface area contributed by atoms with Crippen molar-refractivity contribution in [2.75, 3.05) is 19.8 Å². The van der Waals surface area contributed by atoms with Crippen molar-refractivity contribution >= 4 is 5.91 Å². The summed E-state index contributed by atoms with van der Waals surface area (Å²) in [5, 5.41) is 2.54. The van der Waals surface area contributed by atoms with Crippen LogP contribution in [0.25, 0.3) is 0 Å². The quantitative estimate of drug-likeness (QED) is 0.560. The van der Waals surface area contributed by atoms with E-state index in [1.807, 2.05) is 0 Å². The highest BCUT2D eigenvalue weighted by molar-refractivity contribution is 5.76. The van der Waals surface area contributed by atoms with Crippen LogP contribution in [0.5, 0.6) is 0 Å². The summed E-state index contributed by atoms with van der Waals surface area (Å²) in [7, 11) is 0. The monoisotopic (exact) mass is 147 g/mol. The molecule has 1 rings (SSSR count). The smallest absolute Gasteiger partial charge is 0.222 e. The zero-order valence-corrected chi connectivity index (χ0v) is 5.60. The molecule has 58 valence electrons. The molecule has 4 heteroatoms. The molecule has 1 aliphatic rings. The molecule has 0 aromatic rings. The number of amides is 1. The third-order valence-electron chi connectivity index (χ3n) is 1.38. The van der Waals surface area contributed by atoms with E-state index in [1.165, 1.54) is 0 Å². The highest BCUT2D eigenvalue weighted by atomic mass is 19.1. The molecule has 0 saturated carbocycles. The molecule has 1 fully saturated rings. The number of carbonyl (C=O) groups is 1. The van der Waals surface area contributed by atoms with Crippen molar-refractivity contribution < 1.29 is 13.9 Å². The Morgan fingerprint density at radius 3 is 3.30 bits per heavy atom. The highest BCUT2D eigenvalue weighted by Crippen LogP contribution is 1.98. The molecule has 1 heterocycles. The molecule has 3 nitrogen and oxygen atoms in total. The summed E-state index contributed by atoms with van der Waals surface area (Å²) in [6, 6.07) is 0. The lowest BCUT2D eigenvalue weighted by Gasteiger charge is -2.08. The van der Waals surface area contributed by atoms with Gasteiger partial charge in [0.1, 0.15) is 12.8 Å². The minimum absolute atomic E-state index is 0.0593. The van der Waals surface area contributed by atoms with Crippen LogP contribution in [-0.2, 0) is 9.53 Å². The Balaban J connectivity index is 2.33. The maximum Gasteiger partial charge on any atom is 0.222 e. The number of rotatable bonds is 1. The average Bonchev–Trinajstić information content (AvgIpc) is 2.14. The van der Waals surface area contributed by atoms with Gasteiger partial charge < -0.3 is 10.1 Å². The first-order chi connectivity index (χ1) is 4.83. The van der Waals surface area contributed by atoms with Crippen LogP contribution in [0.4, 0.5) is 4.39 Å². The van der Waals surface area contributed by atoms with E-state index in [0.717, 1.165) is 0 Å². The van der Waals surface area contributed by atoms with Crippen LogP contribution in [0, 0.1) is 0 Å². The van der Waals surface area contributed by atoms with Gasteiger partial charge in [-0.15, -0.1) is 0 Å². The van der Waals surface area contributed by atoms with Crippen LogP contribution in [0.15, 0.2) is 0 Å². The second-order valence-electron chi connectivity index (χ2n) is 2.20. The van der Waals surface area contributed by atoms with Crippen molar-refractivity contribution in [1.82, 2.24) is 5.32 Å². The van der Waals surface area contributed by atoms with E-state index in [2.05, 4.69) is 5.32 Å². The maximum absolute atomic E-state index is 11.9. The van der Waals surface area contributed by atoms with E-state index in [4.69, 9.17) is 4.74 Å². The molecule has 1 saturated heterocycles. The molecule has 0 aromatic heterocycles. The van der Waals surface area contributed by atoms with Crippen LogP contribution in [0.2, 0.25) is 0 Å². The normalized spacial score (nSPS) is 27.3. The van der Waals surface area contributed by atoms with E-state index in [-0.39, 0.29) is 5.91 Å². The van der Waals surface area contributed by atoms with Crippen molar-refractivity contribution in [2.24, 2.45) is 0 Å². The Bertz CT molecular complexity index is 129. The first-order valence-corrected chi connectivity index (χ1v) is 3.27. The summed E-state index contributed by atoms with van der Waals surface area (Å²) in [4.78, 5) is 10.6. The number of alkyl halides is 1. The summed E-state index contributed by atoms with van der Waals surface area (Å²) in [5.74, 6) is -0.0593. The number of ether oxygens (including phenoxy) is 1. The standard InChI is InChI=1S/C6H10FNO2/c7-3-5-4-8-6(9)1-2-10-5/h5H,1-4H2,(H,8,9)/t5-/m1/s1. The van der Waals surface area contributed by atoms with Gasteiger partial charge in [0.2, 0.25) is 5.91 Å². The number of hydrogen-bond acceptors (Lipinski definition) is 2. The third kappa shape index (κ3) is 1.95. The Kier molecular flexibility index (Phi) is 2.62. The summed E-state index contributed by atoms with van der Waals surface area (Å²) < 4.78 is 16.9. The predicted molar refractivity (Wildman–Crippen MR) is 33.3 cm³/mol. The molecule has 1 aliphatic heterocycles. The average molecular weight is 147 g/mol. The third-order valence-corrected chi connectivity index (χ3v) is 1.38. The van der Waals surface area contributed by atoms with Gasteiger partial charge in [0.25, 0.3) is 0 Å². The maximum atomic E-state index is 11.9. The van der Waals surface area contributed by atoms with Crippen LogP contribution in [0.3, 0.4) is 0 Å². The number of carbonyl (C=O) groups excluding carboxylic acids is 1. The predicted octanol–water partition coefficient (Wildman–Crippen LogP) is -0.139. The number of nitrogens with one attached hydrogen (secondary N) is 1. The molecule has 0 bridgehead atoms. The number of halogens is 1. The summed E-state index contributed by atoms with van der Waals surface area (Å²) in [6.45, 7) is 0.107. The molecule has 0 radical (unpaired) electrons. The van der Waals surface area contributed by atoms with Gasteiger partial charge in [0.05, 0.1) is 6.61 Å². The van der Waals surface area contributed by atoms with E-state index in [0.29, 0.717) is 19.6 Å². The lowest BCUT2D eigenvalue weighted by Crippen LogP contribution is -2.30. The van der Waals surface area contributed by atoms with Crippen molar-refractivity contribution in [3.63, 3.8) is 0 Å². The largest absolute Gasteiger partial charge is 0.373 e. The molecule has 0 aliphatic carbocycles. The van der Waals surface area contributed by atoms with Crippen LogP contribution < -0.4 is 5.32 Å². The van der Waals surface area contributed by atoms with Gasteiger partial charge in [-0.25, -0.2) is 4.39 Å². The minimum atomic E-state index is -0.527. The van der Waals surface area contributed by atoms with Gasteiger partial charge in [-0.2, -0.15) is 0 Å². The van der Waals surface area contributed by atoms with Crippen molar-refractivity contribution in [3.8, 4) is 0 Å². The molecule has 1 N–H and O–H groups in total. The van der Waals surface area contributed by atoms with E-state index in [1.54, 1.807) is 0 Å². The molecule has 1 atom stereocenters. The zero-order valence-electron chi connectivity index (χ0n) is 5.60. The zero-order chi connectivity index (χ0) is 7.40. The van der Waals surface area contributed by atoms with E-state index < -0.39 is 12.8 Å². The molecule has 10 heavy (non-hydrogen) atoms. The van der Waals surface area contributed by atoms with Crippen LogP contribution in [-0.4, -0.2) is 31.8 Å². The molecular weight excluding hydrogens is 137 g/mol. The highest BCUT2D eigenvalue weighted by Gasteiger charge is 2.14. The number of hydrogen-bond donors (Lipinski definition) is 1. The Hall–Kier alpha value is -0.640. The van der Waals surface area contributed by atoms with Crippen molar-refractivity contribution in [1.29, 1.82) is 0 Å². The van der Waals surface area contributed by atoms with Crippen molar-refractivity contribution in [2.45, 2.75) is 12.5 Å². The fourth-order valence-corrected chi connectivity index (χ4v) is 0.792. The minimum Gasteiger partial charge on any atom is -0.373 e. The van der Waals surface area contributed by atoms with E-state index in [9.17, 15) is 9.18 Å². The molecule has 0 unspecified atom stereocenters. The van der Waals surface area contributed by atoms with Gasteiger partial charge in [0, 0.05) is 13.0 Å². The topological polar surface area (TPSA) is 38.3 Å². The molecular formula is C6H10FNO2. The van der Waals surface area contributed by atoms with Gasteiger partial charge in [-0.3, -0.25) is 4.79 Å². The first-order valence-electron chi connectivity index (χ1n) is 3.27. The second kappa shape index (κ2) is 3.51. The Morgan fingerprint density at radius 2 is 2.60 bits per heavy atom. The summed E-state index contributed by atoms with van der Waals surface area (Å²) in [5.41, 5.74) is 0. The fourth-order valence-electron chi connectivity index (χ4n) is 0.792. The van der Waals surface area contributed by atoms with E-state index >= 15 is 0 Å². The van der Waals surface area contributed by atoms with Gasteiger partial charge >= 0.3 is 0 Å². The summed E-state index contributed by atoms with van der Waals surface area (Å²) in [6.07, 6.45) is -0.0947. The summed E-state index contributed by atoms with van der Waals surface area (Å²) >= 11 is 0. The van der Waals surface area contributed by atoms with Gasteiger partial charge in [-0.05, 0) is 0 Å². The lowest BCUT2D eigenvalue weighted by molar-refractivity contribution is -0.120. The lowest BCUT2D eigenvalue weighted by atomic mass is 10.4. The molecule has 0 aromatic carbocycles. The van der Waals surface area contributed by atoms with Gasteiger partial charge in [0.15, 0.2) is 0 Å². The Labute approximate surface area is 58.5 Å². The van der Waals surface area contributed by atoms with Crippen LogP contribution >= 0.6 is 0 Å². The SMILES string of the molecule is O=C1CCO[C@H](CF)CN1. The van der Waals surface area contributed by atoms with Crippen molar-refractivity contribution in [3.05, 3.63) is 0 Å². The fraction of sp³-hybridized carbons (Fsp3) is 0.833. The van der Waals surface area contributed by atoms with Crippen LogP contribution in [0.1, 0.15) is 6.42 Å². The first kappa shape index (κ1) is 7.47.